The fourth-order valence-corrected chi connectivity index (χ4v) is 22.0. The Kier molecular flexibility index (Phi) is 28.6. The van der Waals surface area contributed by atoms with Gasteiger partial charge in [0.05, 0.1) is 124 Å². The van der Waals surface area contributed by atoms with Crippen LogP contribution < -0.4 is 0 Å². The van der Waals surface area contributed by atoms with Crippen molar-refractivity contribution >= 4 is 106 Å². The van der Waals surface area contributed by atoms with E-state index in [4.69, 9.17) is 13.6 Å². The summed E-state index contributed by atoms with van der Waals surface area (Å²) < 4.78 is 243. The number of rotatable bonds is 31. The fourth-order valence-electron chi connectivity index (χ4n) is 16.0. The van der Waals surface area contributed by atoms with Crippen LogP contribution in [-0.2, 0) is 110 Å². The first-order valence-corrected chi connectivity index (χ1v) is 49.2. The van der Waals surface area contributed by atoms with Crippen molar-refractivity contribution in [3.05, 3.63) is 377 Å². The number of carbonyl (C=O) groups is 4. The molecule has 0 spiro atoms. The topological polar surface area (TPSA) is 388 Å². The van der Waals surface area contributed by atoms with Crippen molar-refractivity contribution in [2.45, 2.75) is 92.2 Å². The summed E-state index contributed by atoms with van der Waals surface area (Å²) in [5, 5.41) is 24.5. The zero-order chi connectivity index (χ0) is 99.1. The summed E-state index contributed by atoms with van der Waals surface area (Å²) in [4.78, 5) is 56.5. The second-order valence-corrected chi connectivity index (χ2v) is 40.6. The molecule has 19 aromatic rings. The molecular formula is C99H78F8N14O15S4. The van der Waals surface area contributed by atoms with Crippen LogP contribution in [0.1, 0.15) is 62.3 Å². The van der Waals surface area contributed by atoms with Crippen LogP contribution in [-0.4, -0.2) is 149 Å². The Hall–Kier alpha value is -15.9. The predicted molar refractivity (Wildman–Crippen MR) is 496 cm³/mol. The largest absolute Gasteiger partial charge is 0.361 e. The molecule has 0 bridgehead atoms. The zero-order valence-corrected chi connectivity index (χ0v) is 77.2. The van der Waals surface area contributed by atoms with Gasteiger partial charge in [-0.2, -0.15) is 5.10 Å². The van der Waals surface area contributed by atoms with E-state index in [1.54, 1.807) is 98.9 Å². The summed E-state index contributed by atoms with van der Waals surface area (Å²) in [6.45, 7) is 5.59. The van der Waals surface area contributed by atoms with E-state index in [9.17, 15) is 88.0 Å². The molecule has 0 unspecified atom stereocenters. The van der Waals surface area contributed by atoms with Gasteiger partial charge in [-0.3, -0.25) is 34.2 Å². The summed E-state index contributed by atoms with van der Waals surface area (Å²) in [6.07, 6.45) is 15.6. The summed E-state index contributed by atoms with van der Waals surface area (Å²) in [5.41, 5.74) is 9.08. The number of carbonyl (C=O) groups excluding carboxylic acids is 4. The lowest BCUT2D eigenvalue weighted by molar-refractivity contribution is -0.117. The van der Waals surface area contributed by atoms with Gasteiger partial charge in [0.2, 0.25) is 0 Å². The number of H-pyrrole nitrogens is 1. The van der Waals surface area contributed by atoms with Gasteiger partial charge in [-0.1, -0.05) is 106 Å². The van der Waals surface area contributed by atoms with E-state index < -0.39 is 132 Å². The van der Waals surface area contributed by atoms with Crippen LogP contribution in [0.15, 0.2) is 302 Å². The average Bonchev–Trinajstić information content (AvgIpc) is 1.61. The first-order valence-electron chi connectivity index (χ1n) is 42.5. The predicted octanol–water partition coefficient (Wildman–Crippen LogP) is 16.5. The Bertz CT molecular complexity index is 8150. The second kappa shape index (κ2) is 41.2. The highest BCUT2D eigenvalue weighted by Crippen LogP contribution is 2.38. The molecule has 0 aliphatic rings. The van der Waals surface area contributed by atoms with E-state index in [1.807, 2.05) is 97.1 Å². The number of aromatic nitrogens is 14. The lowest BCUT2D eigenvalue weighted by Crippen LogP contribution is -2.18. The number of fused-ring (bicyclic) bond motifs is 4. The molecule has 29 nitrogen and oxygen atoms in total. The molecule has 1 N–H and O–H groups in total. The molecule has 0 amide bonds. The number of benzene rings is 8. The number of nitrogens with one attached hydrogen (secondary N) is 1. The van der Waals surface area contributed by atoms with Crippen molar-refractivity contribution in [1.29, 1.82) is 0 Å². The van der Waals surface area contributed by atoms with Gasteiger partial charge >= 0.3 is 0 Å². The van der Waals surface area contributed by atoms with Crippen molar-refractivity contribution in [1.82, 2.24) is 68.9 Å². The second-order valence-electron chi connectivity index (χ2n) is 32.7. The quantitative estimate of drug-likeness (QED) is 0.0394. The Labute approximate surface area is 792 Å². The van der Waals surface area contributed by atoms with Gasteiger partial charge in [0, 0.05) is 136 Å². The van der Waals surface area contributed by atoms with Crippen molar-refractivity contribution in [3.8, 4) is 27.9 Å². The number of ketones is 4. The number of aryl methyl sites for hydroxylation is 3. The molecule has 140 heavy (non-hydrogen) atoms. The normalized spacial score (nSPS) is 11.8. The van der Waals surface area contributed by atoms with Crippen LogP contribution in [0.5, 0.6) is 0 Å². The molecule has 0 aliphatic carbocycles. The monoisotopic (exact) mass is 1980 g/mol. The smallest absolute Gasteiger partial charge is 0.187 e. The van der Waals surface area contributed by atoms with E-state index in [0.717, 1.165) is 68.8 Å². The lowest BCUT2D eigenvalue weighted by Gasteiger charge is -2.08. The highest BCUT2D eigenvalue weighted by Gasteiger charge is 2.34. The maximum absolute atomic E-state index is 14.9. The summed E-state index contributed by atoms with van der Waals surface area (Å²) in [5.74, 6) is -11.7. The highest BCUT2D eigenvalue weighted by atomic mass is 32.2. The average molecular weight is 1980 g/mol. The maximum Gasteiger partial charge on any atom is 0.187 e. The molecule has 11 heterocycles. The van der Waals surface area contributed by atoms with Gasteiger partial charge < -0.3 is 31.8 Å². The molecule has 0 radical (unpaired) electrons. The Balaban J connectivity index is 0.000000135. The third kappa shape index (κ3) is 23.0. The van der Waals surface area contributed by atoms with Gasteiger partial charge in [-0.05, 0) is 133 Å². The van der Waals surface area contributed by atoms with Crippen LogP contribution in [0.4, 0.5) is 35.1 Å². The van der Waals surface area contributed by atoms with Gasteiger partial charge in [-0.15, -0.1) is 5.10 Å². The van der Waals surface area contributed by atoms with Gasteiger partial charge in [0.15, 0.2) is 62.5 Å². The van der Waals surface area contributed by atoms with Crippen LogP contribution in [0.3, 0.4) is 0 Å². The molecule has 11 aromatic heterocycles. The van der Waals surface area contributed by atoms with Crippen LogP contribution >= 0.6 is 0 Å². The molecule has 714 valence electrons. The van der Waals surface area contributed by atoms with Gasteiger partial charge in [0.1, 0.15) is 86.8 Å². The SMILES string of the molecule is Cc1cc(CC(=O)CS(=O)(=O)c2cn(Cc3cccc(-c4ccncc4)c3)c3cc(F)cc(F)c23)no1.Cc1cc(CC(=O)CS(=O)(=O)c2cn(Cc3cccc(-c4cn[nH]c4)c3)c3cc(F)cc(F)c23)no1.Cc1cc(CC(=O)CS(=O)(=O)c2cn(Cc3cccc(-n4ccnn4)c3)c3cc(F)cc(F)c23)no1.O=C(Cc1ccccn1)CS(=O)(=O)c1cn(Cc2ccccc2)c2cc(F)cc(F)c12. The third-order valence-corrected chi connectivity index (χ3v) is 28.7. The van der Waals surface area contributed by atoms with E-state index in [0.29, 0.717) is 70.0 Å². The van der Waals surface area contributed by atoms with Crippen molar-refractivity contribution < 1.29 is 102 Å². The number of halogens is 8. The fraction of sp³-hybridized carbons (Fsp3) is 0.152. The molecule has 0 fully saturated rings. The minimum Gasteiger partial charge on any atom is -0.361 e. The Morgan fingerprint density at radius 2 is 0.707 bits per heavy atom. The molecular weight excluding hydrogens is 1910 g/mol. The molecule has 19 rings (SSSR count). The lowest BCUT2D eigenvalue weighted by atomic mass is 10.0. The molecule has 0 saturated heterocycles. The minimum absolute atomic E-state index is 0.0526. The van der Waals surface area contributed by atoms with E-state index in [2.05, 4.69) is 45.9 Å². The number of aromatic amines is 1. The first-order chi connectivity index (χ1) is 66.9. The number of sulfone groups is 4. The number of pyridine rings is 2. The Morgan fingerprint density at radius 3 is 1.06 bits per heavy atom. The molecule has 41 heteroatoms. The number of hydrogen-bond donors (Lipinski definition) is 1. The Morgan fingerprint density at radius 1 is 0.350 bits per heavy atom. The van der Waals surface area contributed by atoms with Crippen molar-refractivity contribution in [2.24, 2.45) is 0 Å². The van der Waals surface area contributed by atoms with Gasteiger partial charge in [0.25, 0.3) is 0 Å². The summed E-state index contributed by atoms with van der Waals surface area (Å²) in [6, 6.07) is 51.4. The van der Waals surface area contributed by atoms with Crippen molar-refractivity contribution in [3.63, 3.8) is 0 Å². The number of hydrogen-bond acceptors (Lipinski definition) is 23. The zero-order valence-electron chi connectivity index (χ0n) is 74.0. The number of nitrogens with zero attached hydrogens (tertiary/aromatic N) is 13. The van der Waals surface area contributed by atoms with E-state index >= 15 is 0 Å². The molecule has 0 aliphatic heterocycles. The molecule has 0 saturated carbocycles. The van der Waals surface area contributed by atoms with Crippen LogP contribution in [0.2, 0.25) is 0 Å². The van der Waals surface area contributed by atoms with Crippen LogP contribution in [0.25, 0.3) is 71.6 Å². The van der Waals surface area contributed by atoms with Gasteiger partial charge in [-0.25, -0.2) is 73.5 Å². The third-order valence-electron chi connectivity index (χ3n) is 22.0. The van der Waals surface area contributed by atoms with Crippen LogP contribution in [0, 0.1) is 67.3 Å². The molecule has 8 aromatic carbocycles. The molecule has 0 atom stereocenters. The van der Waals surface area contributed by atoms with E-state index in [1.165, 1.54) is 67.6 Å². The summed E-state index contributed by atoms with van der Waals surface area (Å²) in [7, 11) is -16.9. The number of Topliss-reactive ketones (excluding diaryl/α,β-unsaturated/α-hetero) is 4. The minimum atomic E-state index is -4.26. The standard InChI is InChI=1S/C27H21F2N3O4S.C25H20F2N4O4S.C24H19F2N5O4S.C23H18F2N2O3S/c1-17-9-22(31-36-17)13-23(33)16-37(34,35)26-15-32(25-12-21(28)11-24(29)27(25)26)14-18-3-2-4-20(10-18)19-5-7-30-8-6-19;1-15-5-20(30-35-15)9-21(32)14-36(33,34)24-13-31(23-8-19(26)7-22(27)25(23)24)12-16-3-2-4-17(6-16)18-10-28-29-11-18;1-15-7-18(28-35-15)11-20(32)14-36(33,34)23-13-30(22-10-17(25)9-21(26)24(22)23)12-16-3-2-4-19(8-16)31-6-5-27-29-31;24-17-10-20(25)23-21(11-17)27(13-16-6-2-1-3-7-16)14-22(23)31(29,30)15-19(28)12-18-8-4-5-9-26-18/h2-12,15H,13-14,16H2,1H3;2-8,10-11,13H,9,12,14H2,1H3,(H,28,29);2-10,13H,11-12,14H2,1H3;1-11,14H,12-13,15H2. The first kappa shape index (κ1) is 97.2. The summed E-state index contributed by atoms with van der Waals surface area (Å²) >= 11 is 0. The van der Waals surface area contributed by atoms with Crippen molar-refractivity contribution in [2.75, 3.05) is 23.0 Å². The highest BCUT2D eigenvalue weighted by molar-refractivity contribution is 7.93. The van der Waals surface area contributed by atoms with E-state index in [-0.39, 0.29) is 115 Å². The maximum atomic E-state index is 14.9.